The van der Waals surface area contributed by atoms with E-state index in [4.69, 9.17) is 11.6 Å². The summed E-state index contributed by atoms with van der Waals surface area (Å²) < 4.78 is 27.8. The number of halogens is 1. The highest BCUT2D eigenvalue weighted by molar-refractivity contribution is 7.89. The SMILES string of the molecule is O=C(N[C@H]1CCCc2ccccc21)c1cc(S(=O)(=O)N2CCCCCC2)ccc1Cl. The van der Waals surface area contributed by atoms with Gasteiger partial charge in [-0.05, 0) is 61.4 Å². The summed E-state index contributed by atoms with van der Waals surface area (Å²) in [6.45, 7) is 1.04. The van der Waals surface area contributed by atoms with Gasteiger partial charge in [0.15, 0.2) is 0 Å². The second-order valence-corrected chi connectivity index (χ2v) is 10.4. The van der Waals surface area contributed by atoms with Crippen LogP contribution in [0.5, 0.6) is 0 Å². The molecule has 0 aromatic heterocycles. The number of sulfonamides is 1. The molecule has 2 aliphatic rings. The molecule has 160 valence electrons. The molecule has 1 fully saturated rings. The molecule has 0 spiro atoms. The Morgan fingerprint density at radius 1 is 1.00 bits per heavy atom. The van der Waals surface area contributed by atoms with Crippen LogP contribution in [0.3, 0.4) is 0 Å². The smallest absolute Gasteiger partial charge is 0.253 e. The molecule has 1 aliphatic carbocycles. The van der Waals surface area contributed by atoms with Crippen LogP contribution in [-0.2, 0) is 16.4 Å². The lowest BCUT2D eigenvalue weighted by Crippen LogP contribution is -2.33. The Bertz CT molecular complexity index is 1030. The third kappa shape index (κ3) is 4.41. The predicted octanol–water partition coefficient (Wildman–Crippen LogP) is 4.71. The second kappa shape index (κ2) is 9.08. The quantitative estimate of drug-likeness (QED) is 0.739. The predicted molar refractivity (Wildman–Crippen MR) is 118 cm³/mol. The summed E-state index contributed by atoms with van der Waals surface area (Å²) >= 11 is 6.30. The van der Waals surface area contributed by atoms with Crippen molar-refractivity contribution in [3.05, 3.63) is 64.2 Å². The van der Waals surface area contributed by atoms with Crippen molar-refractivity contribution in [2.45, 2.75) is 55.9 Å². The molecule has 4 rings (SSSR count). The van der Waals surface area contributed by atoms with E-state index in [1.54, 1.807) is 0 Å². The van der Waals surface area contributed by atoms with Gasteiger partial charge in [0.2, 0.25) is 10.0 Å². The fourth-order valence-corrected chi connectivity index (χ4v) is 6.16. The molecular formula is C23H27ClN2O3S. The third-order valence-electron chi connectivity index (χ3n) is 6.06. The Morgan fingerprint density at radius 2 is 1.73 bits per heavy atom. The molecule has 1 aliphatic heterocycles. The topological polar surface area (TPSA) is 66.5 Å². The lowest BCUT2D eigenvalue weighted by Gasteiger charge is -2.26. The van der Waals surface area contributed by atoms with E-state index in [2.05, 4.69) is 11.4 Å². The molecule has 0 bridgehead atoms. The van der Waals surface area contributed by atoms with Crippen molar-refractivity contribution in [2.24, 2.45) is 0 Å². The van der Waals surface area contributed by atoms with Gasteiger partial charge in [-0.15, -0.1) is 0 Å². The van der Waals surface area contributed by atoms with Crippen molar-refractivity contribution in [1.82, 2.24) is 9.62 Å². The first-order valence-corrected chi connectivity index (χ1v) is 12.5. The summed E-state index contributed by atoms with van der Waals surface area (Å²) in [5.74, 6) is -0.338. The van der Waals surface area contributed by atoms with Crippen molar-refractivity contribution < 1.29 is 13.2 Å². The number of benzene rings is 2. The summed E-state index contributed by atoms with van der Waals surface area (Å²) in [5, 5.41) is 3.32. The van der Waals surface area contributed by atoms with E-state index in [-0.39, 0.29) is 27.4 Å². The number of fused-ring (bicyclic) bond motifs is 1. The van der Waals surface area contributed by atoms with Crippen molar-refractivity contribution in [2.75, 3.05) is 13.1 Å². The first-order valence-electron chi connectivity index (χ1n) is 10.7. The molecule has 1 amide bonds. The number of nitrogens with one attached hydrogen (secondary N) is 1. The number of amides is 1. The fourth-order valence-electron chi connectivity index (χ4n) is 4.41. The van der Waals surface area contributed by atoms with E-state index < -0.39 is 10.0 Å². The highest BCUT2D eigenvalue weighted by Crippen LogP contribution is 2.31. The van der Waals surface area contributed by atoms with Gasteiger partial charge in [-0.2, -0.15) is 4.31 Å². The van der Waals surface area contributed by atoms with Crippen LogP contribution in [0.2, 0.25) is 5.02 Å². The van der Waals surface area contributed by atoms with Crippen molar-refractivity contribution in [1.29, 1.82) is 0 Å². The van der Waals surface area contributed by atoms with Gasteiger partial charge in [-0.1, -0.05) is 48.7 Å². The van der Waals surface area contributed by atoms with Crippen LogP contribution in [0.15, 0.2) is 47.4 Å². The number of carbonyl (C=O) groups excluding carboxylic acids is 1. The van der Waals surface area contributed by atoms with E-state index >= 15 is 0 Å². The summed E-state index contributed by atoms with van der Waals surface area (Å²) in [5.41, 5.74) is 2.58. The minimum atomic E-state index is -3.65. The zero-order valence-electron chi connectivity index (χ0n) is 16.9. The molecule has 2 aromatic carbocycles. The molecule has 5 nitrogen and oxygen atoms in total. The first kappa shape index (κ1) is 21.3. The summed E-state index contributed by atoms with van der Waals surface area (Å²) in [6, 6.07) is 12.5. The van der Waals surface area contributed by atoms with Gasteiger partial charge in [0, 0.05) is 13.1 Å². The number of aryl methyl sites for hydroxylation is 1. The molecule has 1 N–H and O–H groups in total. The Balaban J connectivity index is 1.58. The average molecular weight is 447 g/mol. The number of carbonyl (C=O) groups is 1. The monoisotopic (exact) mass is 446 g/mol. The van der Waals surface area contributed by atoms with E-state index in [0.717, 1.165) is 50.5 Å². The van der Waals surface area contributed by atoms with Crippen LogP contribution in [-0.4, -0.2) is 31.7 Å². The van der Waals surface area contributed by atoms with Crippen LogP contribution in [0.4, 0.5) is 0 Å². The van der Waals surface area contributed by atoms with Crippen molar-refractivity contribution >= 4 is 27.5 Å². The highest BCUT2D eigenvalue weighted by Gasteiger charge is 2.28. The Kier molecular flexibility index (Phi) is 6.46. The lowest BCUT2D eigenvalue weighted by molar-refractivity contribution is 0.0932. The first-order chi connectivity index (χ1) is 14.5. The molecule has 1 atom stereocenters. The second-order valence-electron chi connectivity index (χ2n) is 8.08. The van der Waals surface area contributed by atoms with Crippen LogP contribution < -0.4 is 5.32 Å². The number of rotatable bonds is 4. The highest BCUT2D eigenvalue weighted by atomic mass is 35.5. The summed E-state index contributed by atoms with van der Waals surface area (Å²) in [4.78, 5) is 13.2. The minimum absolute atomic E-state index is 0.0932. The van der Waals surface area contributed by atoms with Gasteiger partial charge >= 0.3 is 0 Å². The van der Waals surface area contributed by atoms with Gasteiger partial charge in [-0.25, -0.2) is 8.42 Å². The van der Waals surface area contributed by atoms with Crippen molar-refractivity contribution in [3.63, 3.8) is 0 Å². The van der Waals surface area contributed by atoms with E-state index in [1.165, 1.54) is 28.1 Å². The number of hydrogen-bond acceptors (Lipinski definition) is 3. The van der Waals surface area contributed by atoms with Crippen molar-refractivity contribution in [3.8, 4) is 0 Å². The molecule has 0 unspecified atom stereocenters. The largest absolute Gasteiger partial charge is 0.345 e. The van der Waals surface area contributed by atoms with Crippen LogP contribution >= 0.6 is 11.6 Å². The minimum Gasteiger partial charge on any atom is -0.345 e. The molecule has 0 saturated carbocycles. The zero-order chi connectivity index (χ0) is 21.1. The summed E-state index contributed by atoms with van der Waals surface area (Å²) in [6.07, 6.45) is 6.67. The van der Waals surface area contributed by atoms with E-state index in [0.29, 0.717) is 13.1 Å². The Labute approximate surface area is 183 Å². The average Bonchev–Trinajstić information content (AvgIpc) is 3.04. The van der Waals surface area contributed by atoms with Crippen LogP contribution in [0.25, 0.3) is 0 Å². The Morgan fingerprint density at radius 3 is 2.50 bits per heavy atom. The standard InChI is InChI=1S/C23H27ClN2O3S/c24-21-13-12-18(30(28,29)26-14-5-1-2-6-15-26)16-20(21)23(27)25-22-11-7-9-17-8-3-4-10-19(17)22/h3-4,8,10,12-13,16,22H,1-2,5-7,9,11,14-15H2,(H,25,27)/t22-/m0/s1. The van der Waals surface area contributed by atoms with E-state index in [1.807, 2.05) is 18.2 Å². The van der Waals surface area contributed by atoms with Crippen LogP contribution in [0, 0.1) is 0 Å². The summed E-state index contributed by atoms with van der Waals surface area (Å²) in [7, 11) is -3.65. The van der Waals surface area contributed by atoms with Gasteiger partial charge in [0.05, 0.1) is 21.5 Å². The molecule has 7 heteroatoms. The Hall–Kier alpha value is -1.89. The van der Waals surface area contributed by atoms with Gasteiger partial charge in [0.1, 0.15) is 0 Å². The maximum Gasteiger partial charge on any atom is 0.253 e. The van der Waals surface area contributed by atoms with Gasteiger partial charge < -0.3 is 5.32 Å². The number of nitrogens with zero attached hydrogens (tertiary/aromatic N) is 1. The normalized spacial score (nSPS) is 20.2. The fraction of sp³-hybridized carbons (Fsp3) is 0.435. The molecule has 1 heterocycles. The zero-order valence-corrected chi connectivity index (χ0v) is 18.5. The molecule has 1 saturated heterocycles. The third-order valence-corrected chi connectivity index (χ3v) is 8.28. The molecular weight excluding hydrogens is 420 g/mol. The molecule has 30 heavy (non-hydrogen) atoms. The van der Waals surface area contributed by atoms with Gasteiger partial charge in [0.25, 0.3) is 5.91 Å². The molecule has 0 radical (unpaired) electrons. The lowest BCUT2D eigenvalue weighted by atomic mass is 9.87. The maximum atomic E-state index is 13.1. The number of hydrogen-bond donors (Lipinski definition) is 1. The van der Waals surface area contributed by atoms with Crippen LogP contribution in [0.1, 0.15) is 66.1 Å². The molecule has 2 aromatic rings. The van der Waals surface area contributed by atoms with Gasteiger partial charge in [-0.3, -0.25) is 4.79 Å². The van der Waals surface area contributed by atoms with E-state index in [9.17, 15) is 13.2 Å². The maximum absolute atomic E-state index is 13.1.